The van der Waals surface area contributed by atoms with Crippen LogP contribution in [0, 0.1) is 6.92 Å². The Hall–Kier alpha value is -2.59. The van der Waals surface area contributed by atoms with E-state index in [0.717, 1.165) is 16.8 Å². The maximum absolute atomic E-state index is 12.6. The van der Waals surface area contributed by atoms with Crippen LogP contribution in [0.25, 0.3) is 5.69 Å². The summed E-state index contributed by atoms with van der Waals surface area (Å²) in [6.45, 7) is 2.51. The normalized spacial score (nSPS) is 10.5. The van der Waals surface area contributed by atoms with E-state index in [9.17, 15) is 4.79 Å². The minimum absolute atomic E-state index is 0.174. The molecule has 3 rings (SSSR count). The van der Waals surface area contributed by atoms with Gasteiger partial charge in [-0.1, -0.05) is 35.9 Å². The molecule has 0 bridgehead atoms. The van der Waals surface area contributed by atoms with Gasteiger partial charge in [0, 0.05) is 29.6 Å². The highest BCUT2D eigenvalue weighted by molar-refractivity contribution is 6.30. The molecular weight excluding hydrogens is 310 g/mol. The molecule has 1 aromatic heterocycles. The average Bonchev–Trinajstić information content (AvgIpc) is 2.55. The molecule has 2 aromatic carbocycles. The first kappa shape index (κ1) is 15.3. The molecule has 3 aromatic rings. The number of anilines is 1. The number of aryl methyl sites for hydroxylation is 1. The van der Waals surface area contributed by atoms with Crippen molar-refractivity contribution < 1.29 is 0 Å². The van der Waals surface area contributed by atoms with Crippen LogP contribution in [-0.4, -0.2) is 9.55 Å². The number of nitrogens with one attached hydrogen (secondary N) is 1. The van der Waals surface area contributed by atoms with Crippen molar-refractivity contribution >= 4 is 17.4 Å². The van der Waals surface area contributed by atoms with Crippen molar-refractivity contribution in [2.45, 2.75) is 13.5 Å². The van der Waals surface area contributed by atoms with Crippen LogP contribution >= 0.6 is 11.6 Å². The van der Waals surface area contributed by atoms with E-state index < -0.39 is 0 Å². The van der Waals surface area contributed by atoms with E-state index in [0.29, 0.717) is 17.4 Å². The van der Waals surface area contributed by atoms with Gasteiger partial charge in [0.05, 0.1) is 0 Å². The summed E-state index contributed by atoms with van der Waals surface area (Å²) < 4.78 is 1.59. The predicted molar refractivity (Wildman–Crippen MR) is 93.3 cm³/mol. The lowest BCUT2D eigenvalue weighted by Gasteiger charge is -2.10. The van der Waals surface area contributed by atoms with Crippen LogP contribution in [0.1, 0.15) is 11.1 Å². The summed E-state index contributed by atoms with van der Waals surface area (Å²) in [4.78, 5) is 16.7. The second kappa shape index (κ2) is 6.67. The number of hydrogen-bond donors (Lipinski definition) is 1. The molecule has 4 nitrogen and oxygen atoms in total. The molecule has 0 unspecified atom stereocenters. The number of benzene rings is 2. The second-order valence-electron chi connectivity index (χ2n) is 5.27. The molecule has 0 aliphatic carbocycles. The molecule has 0 saturated carbocycles. The van der Waals surface area contributed by atoms with Crippen molar-refractivity contribution in [3.05, 3.63) is 87.4 Å². The fourth-order valence-electron chi connectivity index (χ4n) is 2.30. The van der Waals surface area contributed by atoms with E-state index in [1.807, 2.05) is 55.5 Å². The Labute approximate surface area is 139 Å². The van der Waals surface area contributed by atoms with Crippen molar-refractivity contribution in [3.63, 3.8) is 0 Å². The van der Waals surface area contributed by atoms with Gasteiger partial charge in [0.25, 0.3) is 5.56 Å². The number of nitrogens with zero attached hydrogens (tertiary/aromatic N) is 2. The van der Waals surface area contributed by atoms with Gasteiger partial charge in [-0.05, 0) is 42.3 Å². The number of halogens is 1. The third-order valence-corrected chi connectivity index (χ3v) is 3.75. The highest BCUT2D eigenvalue weighted by Crippen LogP contribution is 2.11. The first-order chi connectivity index (χ1) is 11.1. The van der Waals surface area contributed by atoms with Crippen LogP contribution in [0.5, 0.6) is 0 Å². The minimum Gasteiger partial charge on any atom is -0.361 e. The lowest BCUT2D eigenvalue weighted by molar-refractivity contribution is 0.943. The van der Waals surface area contributed by atoms with Gasteiger partial charge in [-0.2, -0.15) is 0 Å². The van der Waals surface area contributed by atoms with Crippen LogP contribution in [0.15, 0.2) is 65.7 Å². The quantitative estimate of drug-likeness (QED) is 0.793. The molecular formula is C18H16ClN3O. The molecule has 0 radical (unpaired) electrons. The molecule has 116 valence electrons. The highest BCUT2D eigenvalue weighted by atomic mass is 35.5. The summed E-state index contributed by atoms with van der Waals surface area (Å²) in [5.74, 6) is 0.323. The SMILES string of the molecule is Cc1cccc(-n2ccnc(NCc3ccc(Cl)cc3)c2=O)c1. The largest absolute Gasteiger partial charge is 0.361 e. The molecule has 0 fully saturated rings. The van der Waals surface area contributed by atoms with Crippen molar-refractivity contribution in [1.29, 1.82) is 0 Å². The van der Waals surface area contributed by atoms with Crippen LogP contribution in [0.2, 0.25) is 5.02 Å². The second-order valence-corrected chi connectivity index (χ2v) is 5.71. The zero-order chi connectivity index (χ0) is 16.2. The zero-order valence-electron chi connectivity index (χ0n) is 12.7. The smallest absolute Gasteiger partial charge is 0.297 e. The van der Waals surface area contributed by atoms with Crippen LogP contribution in [0.4, 0.5) is 5.82 Å². The van der Waals surface area contributed by atoms with Crippen LogP contribution in [0.3, 0.4) is 0 Å². The van der Waals surface area contributed by atoms with Gasteiger partial charge in [0.15, 0.2) is 5.82 Å². The van der Waals surface area contributed by atoms with Crippen LogP contribution in [-0.2, 0) is 6.54 Å². The third-order valence-electron chi connectivity index (χ3n) is 3.49. The summed E-state index contributed by atoms with van der Waals surface area (Å²) in [5.41, 5.74) is 2.78. The van der Waals surface area contributed by atoms with Gasteiger partial charge in [-0.15, -0.1) is 0 Å². The highest BCUT2D eigenvalue weighted by Gasteiger charge is 2.06. The van der Waals surface area contributed by atoms with E-state index in [1.54, 1.807) is 17.0 Å². The van der Waals surface area contributed by atoms with Gasteiger partial charge >= 0.3 is 0 Å². The van der Waals surface area contributed by atoms with Gasteiger partial charge in [0.1, 0.15) is 0 Å². The third kappa shape index (κ3) is 3.60. The molecule has 23 heavy (non-hydrogen) atoms. The Kier molecular flexibility index (Phi) is 4.44. The zero-order valence-corrected chi connectivity index (χ0v) is 13.4. The monoisotopic (exact) mass is 325 g/mol. The van der Waals surface area contributed by atoms with Crippen molar-refractivity contribution in [1.82, 2.24) is 9.55 Å². The Bertz CT molecular complexity index is 872. The number of hydrogen-bond acceptors (Lipinski definition) is 3. The predicted octanol–water partition coefficient (Wildman–Crippen LogP) is 3.81. The van der Waals surface area contributed by atoms with Gasteiger partial charge in [0.2, 0.25) is 0 Å². The summed E-state index contributed by atoms with van der Waals surface area (Å²) in [6, 6.07) is 15.3. The molecule has 5 heteroatoms. The van der Waals surface area contributed by atoms with Crippen molar-refractivity contribution in [3.8, 4) is 5.69 Å². The molecule has 1 heterocycles. The lowest BCUT2D eigenvalue weighted by atomic mass is 10.2. The Morgan fingerprint density at radius 2 is 1.96 bits per heavy atom. The average molecular weight is 326 g/mol. The van der Waals surface area contributed by atoms with E-state index >= 15 is 0 Å². The Balaban J connectivity index is 1.85. The maximum Gasteiger partial charge on any atom is 0.297 e. The van der Waals surface area contributed by atoms with Gasteiger partial charge in [-0.25, -0.2) is 4.98 Å². The molecule has 0 amide bonds. The first-order valence-electron chi connectivity index (χ1n) is 7.26. The van der Waals surface area contributed by atoms with Gasteiger partial charge < -0.3 is 5.32 Å². The molecule has 0 aliphatic rings. The van der Waals surface area contributed by atoms with E-state index in [2.05, 4.69) is 10.3 Å². The summed E-state index contributed by atoms with van der Waals surface area (Å²) in [5, 5.41) is 3.77. The fraction of sp³-hybridized carbons (Fsp3) is 0.111. The molecule has 0 atom stereocenters. The topological polar surface area (TPSA) is 46.9 Å². The van der Waals surface area contributed by atoms with Crippen molar-refractivity contribution in [2.75, 3.05) is 5.32 Å². The molecule has 0 aliphatic heterocycles. The van der Waals surface area contributed by atoms with Crippen molar-refractivity contribution in [2.24, 2.45) is 0 Å². The van der Waals surface area contributed by atoms with E-state index in [1.165, 1.54) is 0 Å². The van der Waals surface area contributed by atoms with E-state index in [4.69, 9.17) is 11.6 Å². The number of aromatic nitrogens is 2. The Morgan fingerprint density at radius 3 is 2.70 bits per heavy atom. The lowest BCUT2D eigenvalue weighted by Crippen LogP contribution is -2.23. The minimum atomic E-state index is -0.174. The summed E-state index contributed by atoms with van der Waals surface area (Å²) >= 11 is 5.87. The number of rotatable bonds is 4. The summed E-state index contributed by atoms with van der Waals surface area (Å²) in [6.07, 6.45) is 3.29. The Morgan fingerprint density at radius 1 is 1.17 bits per heavy atom. The fourth-order valence-corrected chi connectivity index (χ4v) is 2.43. The van der Waals surface area contributed by atoms with Crippen LogP contribution < -0.4 is 10.9 Å². The molecule has 0 spiro atoms. The molecule has 1 N–H and O–H groups in total. The van der Waals surface area contributed by atoms with E-state index in [-0.39, 0.29) is 5.56 Å². The maximum atomic E-state index is 12.6. The summed E-state index contributed by atoms with van der Waals surface area (Å²) in [7, 11) is 0. The molecule has 0 saturated heterocycles. The first-order valence-corrected chi connectivity index (χ1v) is 7.64. The van der Waals surface area contributed by atoms with Gasteiger partial charge in [-0.3, -0.25) is 9.36 Å². The standard InChI is InChI=1S/C18H16ClN3O/c1-13-3-2-4-16(11-13)22-10-9-20-17(18(22)23)21-12-14-5-7-15(19)8-6-14/h2-11H,12H2,1H3,(H,20,21).